The minimum atomic E-state index is -0.538. The van der Waals surface area contributed by atoms with Gasteiger partial charge in [-0.15, -0.1) is 5.10 Å². The molecule has 0 saturated carbocycles. The third kappa shape index (κ3) is 3.52. The molecule has 0 spiro atoms. The first-order valence-electron chi connectivity index (χ1n) is 7.97. The smallest absolute Gasteiger partial charge is 0.410 e. The standard InChI is InChI=1S/C16H21N5O3/c1-10-7-8-11(19-18-10)14-17-13(20-24-14)12-6-5-9-21(12)15(22)23-16(2,3)4/h7-8,12H,5-6,9H2,1-4H3. The molecule has 1 unspecified atom stereocenters. The van der Waals surface area contributed by atoms with Gasteiger partial charge in [-0.05, 0) is 52.7 Å². The molecule has 24 heavy (non-hydrogen) atoms. The first-order valence-corrected chi connectivity index (χ1v) is 7.97. The van der Waals surface area contributed by atoms with Gasteiger partial charge in [-0.1, -0.05) is 5.16 Å². The van der Waals surface area contributed by atoms with E-state index in [0.29, 0.717) is 24.0 Å². The maximum absolute atomic E-state index is 12.4. The fourth-order valence-corrected chi connectivity index (χ4v) is 2.56. The number of aromatic nitrogens is 4. The van der Waals surface area contributed by atoms with Crippen LogP contribution in [0.5, 0.6) is 0 Å². The van der Waals surface area contributed by atoms with Crippen LogP contribution in [-0.2, 0) is 4.74 Å². The molecule has 0 bridgehead atoms. The summed E-state index contributed by atoms with van der Waals surface area (Å²) in [5, 5.41) is 12.0. The zero-order chi connectivity index (χ0) is 17.3. The lowest BCUT2D eigenvalue weighted by atomic mass is 10.2. The second-order valence-electron chi connectivity index (χ2n) is 6.85. The molecule has 1 aliphatic rings. The first-order chi connectivity index (χ1) is 11.3. The van der Waals surface area contributed by atoms with Crippen LogP contribution in [0.15, 0.2) is 16.7 Å². The number of amides is 1. The van der Waals surface area contributed by atoms with Crippen molar-refractivity contribution in [1.82, 2.24) is 25.2 Å². The predicted molar refractivity (Wildman–Crippen MR) is 85.0 cm³/mol. The van der Waals surface area contributed by atoms with Gasteiger partial charge in [0.25, 0.3) is 5.89 Å². The van der Waals surface area contributed by atoms with Gasteiger partial charge in [0.2, 0.25) is 0 Å². The molecule has 2 aromatic heterocycles. The fraction of sp³-hybridized carbons (Fsp3) is 0.562. The minimum Gasteiger partial charge on any atom is -0.444 e. The summed E-state index contributed by atoms with van der Waals surface area (Å²) in [5.41, 5.74) is 0.788. The first kappa shape index (κ1) is 16.4. The Hall–Kier alpha value is -2.51. The average Bonchev–Trinajstić information content (AvgIpc) is 3.15. The molecule has 1 amide bonds. The molecule has 1 fully saturated rings. The number of hydrogen-bond donors (Lipinski definition) is 0. The molecule has 8 heteroatoms. The summed E-state index contributed by atoms with van der Waals surface area (Å²) in [6.07, 6.45) is 1.29. The van der Waals surface area contributed by atoms with E-state index >= 15 is 0 Å². The Kier molecular flexibility index (Phi) is 4.21. The van der Waals surface area contributed by atoms with Crippen molar-refractivity contribution in [2.75, 3.05) is 6.54 Å². The van der Waals surface area contributed by atoms with Crippen LogP contribution in [0.2, 0.25) is 0 Å². The summed E-state index contributed by atoms with van der Waals surface area (Å²) in [4.78, 5) is 18.4. The van der Waals surface area contributed by atoms with E-state index in [1.165, 1.54) is 0 Å². The highest BCUT2D eigenvalue weighted by molar-refractivity contribution is 5.69. The Labute approximate surface area is 140 Å². The van der Waals surface area contributed by atoms with Gasteiger partial charge in [-0.2, -0.15) is 10.1 Å². The molecule has 1 saturated heterocycles. The Morgan fingerprint density at radius 2 is 2.12 bits per heavy atom. The fourth-order valence-electron chi connectivity index (χ4n) is 2.56. The second-order valence-corrected chi connectivity index (χ2v) is 6.85. The van der Waals surface area contributed by atoms with Gasteiger partial charge in [-0.3, -0.25) is 4.90 Å². The number of aryl methyl sites for hydroxylation is 1. The van der Waals surface area contributed by atoms with Gasteiger partial charge in [0, 0.05) is 6.54 Å². The summed E-state index contributed by atoms with van der Waals surface area (Å²) < 4.78 is 10.7. The van der Waals surface area contributed by atoms with E-state index in [-0.39, 0.29) is 12.1 Å². The van der Waals surface area contributed by atoms with E-state index in [0.717, 1.165) is 18.5 Å². The highest BCUT2D eigenvalue weighted by Crippen LogP contribution is 2.32. The van der Waals surface area contributed by atoms with E-state index in [1.54, 1.807) is 11.0 Å². The van der Waals surface area contributed by atoms with E-state index in [2.05, 4.69) is 20.3 Å². The van der Waals surface area contributed by atoms with Crippen molar-refractivity contribution >= 4 is 6.09 Å². The van der Waals surface area contributed by atoms with E-state index < -0.39 is 5.60 Å². The van der Waals surface area contributed by atoms with Gasteiger partial charge >= 0.3 is 6.09 Å². The minimum absolute atomic E-state index is 0.240. The molecule has 3 rings (SSSR count). The molecular weight excluding hydrogens is 310 g/mol. The maximum atomic E-state index is 12.4. The Bertz CT molecular complexity index is 720. The van der Waals surface area contributed by atoms with Crippen LogP contribution in [-0.4, -0.2) is 43.5 Å². The van der Waals surface area contributed by atoms with E-state index in [1.807, 2.05) is 33.8 Å². The van der Waals surface area contributed by atoms with Crippen LogP contribution in [0.1, 0.15) is 51.2 Å². The average molecular weight is 331 g/mol. The number of carbonyl (C=O) groups excluding carboxylic acids is 1. The number of carbonyl (C=O) groups is 1. The van der Waals surface area contributed by atoms with Gasteiger partial charge < -0.3 is 9.26 Å². The third-order valence-electron chi connectivity index (χ3n) is 3.64. The van der Waals surface area contributed by atoms with Gasteiger partial charge in [-0.25, -0.2) is 4.79 Å². The van der Waals surface area contributed by atoms with Crippen molar-refractivity contribution in [3.8, 4) is 11.6 Å². The van der Waals surface area contributed by atoms with Crippen molar-refractivity contribution < 1.29 is 14.1 Å². The normalized spacial score (nSPS) is 18.0. The molecule has 8 nitrogen and oxygen atoms in total. The lowest BCUT2D eigenvalue weighted by Gasteiger charge is -2.27. The molecule has 3 heterocycles. The monoisotopic (exact) mass is 331 g/mol. The molecule has 0 aliphatic carbocycles. The number of rotatable bonds is 2. The molecule has 128 valence electrons. The highest BCUT2D eigenvalue weighted by Gasteiger charge is 2.36. The zero-order valence-electron chi connectivity index (χ0n) is 14.3. The Morgan fingerprint density at radius 3 is 2.79 bits per heavy atom. The summed E-state index contributed by atoms with van der Waals surface area (Å²) >= 11 is 0. The Balaban J connectivity index is 1.78. The zero-order valence-corrected chi connectivity index (χ0v) is 14.3. The number of likely N-dealkylation sites (tertiary alicyclic amines) is 1. The van der Waals surface area contributed by atoms with Crippen LogP contribution in [0, 0.1) is 6.92 Å². The van der Waals surface area contributed by atoms with Crippen molar-refractivity contribution in [2.24, 2.45) is 0 Å². The van der Waals surface area contributed by atoms with Gasteiger partial charge in [0.05, 0.1) is 11.7 Å². The van der Waals surface area contributed by atoms with Gasteiger partial charge in [0.15, 0.2) is 11.5 Å². The van der Waals surface area contributed by atoms with Crippen LogP contribution in [0.25, 0.3) is 11.6 Å². The van der Waals surface area contributed by atoms with Crippen LogP contribution < -0.4 is 0 Å². The molecule has 2 aromatic rings. The van der Waals surface area contributed by atoms with E-state index in [9.17, 15) is 4.79 Å². The number of hydrogen-bond acceptors (Lipinski definition) is 7. The topological polar surface area (TPSA) is 94.2 Å². The number of nitrogens with zero attached hydrogens (tertiary/aromatic N) is 5. The summed E-state index contributed by atoms with van der Waals surface area (Å²) in [7, 11) is 0. The van der Waals surface area contributed by atoms with Crippen molar-refractivity contribution in [3.05, 3.63) is 23.7 Å². The third-order valence-corrected chi connectivity index (χ3v) is 3.64. The van der Waals surface area contributed by atoms with Crippen molar-refractivity contribution in [2.45, 2.75) is 52.2 Å². The molecule has 0 aromatic carbocycles. The van der Waals surface area contributed by atoms with Crippen LogP contribution in [0.4, 0.5) is 4.79 Å². The highest BCUT2D eigenvalue weighted by atomic mass is 16.6. The predicted octanol–water partition coefficient (Wildman–Crippen LogP) is 2.91. The summed E-state index contributed by atoms with van der Waals surface area (Å²) in [6.45, 7) is 8.01. The lowest BCUT2D eigenvalue weighted by Crippen LogP contribution is -2.36. The van der Waals surface area contributed by atoms with E-state index in [4.69, 9.17) is 9.26 Å². The Morgan fingerprint density at radius 1 is 1.33 bits per heavy atom. The van der Waals surface area contributed by atoms with Crippen molar-refractivity contribution in [1.29, 1.82) is 0 Å². The van der Waals surface area contributed by atoms with Crippen LogP contribution >= 0.6 is 0 Å². The molecule has 0 N–H and O–H groups in total. The molecule has 1 aliphatic heterocycles. The lowest BCUT2D eigenvalue weighted by molar-refractivity contribution is 0.0217. The van der Waals surface area contributed by atoms with Crippen molar-refractivity contribution in [3.63, 3.8) is 0 Å². The SMILES string of the molecule is Cc1ccc(-c2nc(C3CCCN3C(=O)OC(C)(C)C)no2)nn1. The molecular formula is C16H21N5O3. The van der Waals surface area contributed by atoms with Crippen LogP contribution in [0.3, 0.4) is 0 Å². The number of ether oxygens (including phenoxy) is 1. The largest absolute Gasteiger partial charge is 0.444 e. The summed E-state index contributed by atoms with van der Waals surface area (Å²) in [5.74, 6) is 0.768. The quantitative estimate of drug-likeness (QED) is 0.835. The summed E-state index contributed by atoms with van der Waals surface area (Å²) in [6, 6.07) is 3.37. The molecule has 1 atom stereocenters. The second kappa shape index (κ2) is 6.18. The van der Waals surface area contributed by atoms with Gasteiger partial charge in [0.1, 0.15) is 5.60 Å². The molecule has 0 radical (unpaired) electrons. The maximum Gasteiger partial charge on any atom is 0.410 e.